The van der Waals surface area contributed by atoms with Crippen LogP contribution in [0.5, 0.6) is 5.75 Å². The Balaban J connectivity index is 1.99. The van der Waals surface area contributed by atoms with Gasteiger partial charge in [0.15, 0.2) is 0 Å². The fourth-order valence-corrected chi connectivity index (χ4v) is 1.70. The molecule has 0 aliphatic heterocycles. The van der Waals surface area contributed by atoms with Gasteiger partial charge in [-0.15, -0.1) is 0 Å². The van der Waals surface area contributed by atoms with Crippen LogP contribution in [0.3, 0.4) is 0 Å². The van der Waals surface area contributed by atoms with E-state index < -0.39 is 0 Å². The average Bonchev–Trinajstić information content (AvgIpc) is 2.36. The molecule has 0 atom stereocenters. The molecule has 0 fully saturated rings. The first-order valence-electron chi connectivity index (χ1n) is 5.81. The van der Waals surface area contributed by atoms with Crippen LogP contribution in [-0.4, -0.2) is 11.2 Å². The quantitative estimate of drug-likeness (QED) is 0.892. The predicted molar refractivity (Wildman–Crippen MR) is 71.8 cm³/mol. The number of benzene rings is 1. The highest BCUT2D eigenvalue weighted by Gasteiger charge is 1.99. The van der Waals surface area contributed by atoms with E-state index in [-0.39, 0.29) is 5.56 Å². The molecule has 4 heteroatoms. The number of anilines is 1. The van der Waals surface area contributed by atoms with Crippen molar-refractivity contribution in [2.24, 2.45) is 0 Å². The number of nitrogens with two attached hydrogens (primary N) is 1. The zero-order valence-electron chi connectivity index (χ0n) is 10.3. The lowest BCUT2D eigenvalue weighted by Gasteiger charge is -2.10. The van der Waals surface area contributed by atoms with E-state index in [1.807, 2.05) is 31.2 Å². The van der Waals surface area contributed by atoms with Gasteiger partial charge in [0.2, 0.25) is 0 Å². The summed E-state index contributed by atoms with van der Waals surface area (Å²) in [6, 6.07) is 10.9. The van der Waals surface area contributed by atoms with Gasteiger partial charge in [-0.1, -0.05) is 18.2 Å². The molecule has 0 saturated heterocycles. The van der Waals surface area contributed by atoms with E-state index in [2.05, 4.69) is 0 Å². The molecule has 0 unspecified atom stereocenters. The van der Waals surface area contributed by atoms with Gasteiger partial charge in [0, 0.05) is 18.0 Å². The first kappa shape index (κ1) is 12.2. The second-order valence-electron chi connectivity index (χ2n) is 4.11. The molecule has 4 nitrogen and oxygen atoms in total. The molecule has 1 heterocycles. The fourth-order valence-electron chi connectivity index (χ4n) is 1.70. The molecule has 1 aromatic carbocycles. The number of hydrogen-bond donors (Lipinski definition) is 1. The van der Waals surface area contributed by atoms with Crippen LogP contribution in [0.2, 0.25) is 0 Å². The lowest BCUT2D eigenvalue weighted by Crippen LogP contribution is -2.22. The maximum absolute atomic E-state index is 11.5. The summed E-state index contributed by atoms with van der Waals surface area (Å²) in [5.41, 5.74) is 7.22. The summed E-state index contributed by atoms with van der Waals surface area (Å²) in [5, 5.41) is 0. The number of pyridine rings is 1. The van der Waals surface area contributed by atoms with Crippen LogP contribution in [0.15, 0.2) is 47.4 Å². The summed E-state index contributed by atoms with van der Waals surface area (Å²) in [4.78, 5) is 11.5. The van der Waals surface area contributed by atoms with E-state index in [9.17, 15) is 4.79 Å². The summed E-state index contributed by atoms with van der Waals surface area (Å²) >= 11 is 0. The first-order chi connectivity index (χ1) is 8.66. The van der Waals surface area contributed by atoms with Crippen molar-refractivity contribution >= 4 is 5.69 Å². The Morgan fingerprint density at radius 3 is 2.78 bits per heavy atom. The van der Waals surface area contributed by atoms with Gasteiger partial charge in [0.05, 0.1) is 6.54 Å². The molecule has 2 aromatic rings. The Morgan fingerprint density at radius 2 is 2.00 bits per heavy atom. The van der Waals surface area contributed by atoms with E-state index in [0.29, 0.717) is 18.8 Å². The molecule has 0 spiro atoms. The Labute approximate surface area is 106 Å². The lowest BCUT2D eigenvalue weighted by molar-refractivity contribution is 0.294. The van der Waals surface area contributed by atoms with Crippen LogP contribution in [0, 0.1) is 6.92 Å². The highest BCUT2D eigenvalue weighted by molar-refractivity contribution is 5.33. The van der Waals surface area contributed by atoms with E-state index in [4.69, 9.17) is 10.5 Å². The second-order valence-corrected chi connectivity index (χ2v) is 4.11. The molecular weight excluding hydrogens is 228 g/mol. The van der Waals surface area contributed by atoms with Crippen molar-refractivity contribution in [2.75, 3.05) is 12.3 Å². The van der Waals surface area contributed by atoms with Gasteiger partial charge in [-0.2, -0.15) is 0 Å². The summed E-state index contributed by atoms with van der Waals surface area (Å²) in [6.45, 7) is 2.91. The maximum Gasteiger partial charge on any atom is 0.250 e. The van der Waals surface area contributed by atoms with Gasteiger partial charge in [0.25, 0.3) is 5.56 Å². The molecule has 2 rings (SSSR count). The van der Waals surface area contributed by atoms with Gasteiger partial charge in [-0.25, -0.2) is 0 Å². The van der Waals surface area contributed by atoms with Gasteiger partial charge < -0.3 is 15.0 Å². The minimum absolute atomic E-state index is 0.0717. The minimum Gasteiger partial charge on any atom is -0.491 e. The van der Waals surface area contributed by atoms with Crippen LogP contribution < -0.4 is 16.0 Å². The highest BCUT2D eigenvalue weighted by Crippen LogP contribution is 2.15. The van der Waals surface area contributed by atoms with Crippen LogP contribution in [0.1, 0.15) is 5.56 Å². The standard InChI is InChI=1S/C14H16N2O2/c1-11-4-2-3-5-13(11)18-9-8-16-10-12(15)6-7-14(16)17/h2-7,10H,8-9,15H2,1H3. The van der Waals surface area contributed by atoms with Crippen LogP contribution in [0.25, 0.3) is 0 Å². The maximum atomic E-state index is 11.5. The molecule has 0 aliphatic rings. The summed E-state index contributed by atoms with van der Waals surface area (Å²) < 4.78 is 7.18. The van der Waals surface area contributed by atoms with Crippen molar-refractivity contribution in [3.05, 3.63) is 58.5 Å². The van der Waals surface area contributed by atoms with Crippen molar-refractivity contribution in [3.63, 3.8) is 0 Å². The zero-order valence-corrected chi connectivity index (χ0v) is 10.3. The fraction of sp³-hybridized carbons (Fsp3) is 0.214. The molecule has 18 heavy (non-hydrogen) atoms. The van der Waals surface area contributed by atoms with Crippen molar-refractivity contribution in [2.45, 2.75) is 13.5 Å². The predicted octanol–water partition coefficient (Wildman–Crippen LogP) is 1.82. The third-order valence-electron chi connectivity index (χ3n) is 2.69. The van der Waals surface area contributed by atoms with Crippen LogP contribution in [0.4, 0.5) is 5.69 Å². The van der Waals surface area contributed by atoms with Gasteiger partial charge >= 0.3 is 0 Å². The largest absolute Gasteiger partial charge is 0.491 e. The number of nitrogens with zero attached hydrogens (tertiary/aromatic N) is 1. The molecule has 0 bridgehead atoms. The number of aromatic nitrogens is 1. The van der Waals surface area contributed by atoms with Crippen molar-refractivity contribution in [1.82, 2.24) is 4.57 Å². The molecule has 0 saturated carbocycles. The zero-order chi connectivity index (χ0) is 13.0. The summed E-state index contributed by atoms with van der Waals surface area (Å²) in [5.74, 6) is 0.842. The van der Waals surface area contributed by atoms with Gasteiger partial charge in [-0.05, 0) is 24.6 Å². The van der Waals surface area contributed by atoms with Crippen molar-refractivity contribution < 1.29 is 4.74 Å². The SMILES string of the molecule is Cc1ccccc1OCCn1cc(N)ccc1=O. The molecule has 1 aromatic heterocycles. The monoisotopic (exact) mass is 244 g/mol. The number of aryl methyl sites for hydroxylation is 1. The van der Waals surface area contributed by atoms with Crippen molar-refractivity contribution in [3.8, 4) is 5.75 Å². The van der Waals surface area contributed by atoms with Gasteiger partial charge in [-0.3, -0.25) is 4.79 Å². The highest BCUT2D eigenvalue weighted by atomic mass is 16.5. The molecule has 0 aliphatic carbocycles. The number of nitrogen functional groups attached to an aromatic ring is 1. The third-order valence-corrected chi connectivity index (χ3v) is 2.69. The molecular formula is C14H16N2O2. The van der Waals surface area contributed by atoms with Crippen LogP contribution >= 0.6 is 0 Å². The molecule has 2 N–H and O–H groups in total. The van der Waals surface area contributed by atoms with E-state index in [0.717, 1.165) is 11.3 Å². The third kappa shape index (κ3) is 2.91. The molecule has 0 radical (unpaired) electrons. The average molecular weight is 244 g/mol. The van der Waals surface area contributed by atoms with Crippen LogP contribution in [-0.2, 0) is 6.54 Å². The number of rotatable bonds is 4. The Morgan fingerprint density at radius 1 is 1.22 bits per heavy atom. The normalized spacial score (nSPS) is 10.3. The second kappa shape index (κ2) is 5.40. The summed E-state index contributed by atoms with van der Waals surface area (Å²) in [7, 11) is 0. The molecule has 0 amide bonds. The Hall–Kier alpha value is -2.23. The number of para-hydroxylation sites is 1. The van der Waals surface area contributed by atoms with Crippen molar-refractivity contribution in [1.29, 1.82) is 0 Å². The Bertz CT molecular complexity index is 590. The number of ether oxygens (including phenoxy) is 1. The van der Waals surface area contributed by atoms with E-state index in [1.54, 1.807) is 16.8 Å². The number of hydrogen-bond acceptors (Lipinski definition) is 3. The lowest BCUT2D eigenvalue weighted by atomic mass is 10.2. The van der Waals surface area contributed by atoms with Gasteiger partial charge in [0.1, 0.15) is 12.4 Å². The topological polar surface area (TPSA) is 57.2 Å². The first-order valence-corrected chi connectivity index (χ1v) is 5.81. The summed E-state index contributed by atoms with van der Waals surface area (Å²) in [6.07, 6.45) is 1.63. The molecule has 94 valence electrons. The van der Waals surface area contributed by atoms with E-state index in [1.165, 1.54) is 6.07 Å². The Kier molecular flexibility index (Phi) is 3.67. The van der Waals surface area contributed by atoms with E-state index >= 15 is 0 Å². The minimum atomic E-state index is -0.0717. The smallest absolute Gasteiger partial charge is 0.250 e.